The Morgan fingerprint density at radius 1 is 1.07 bits per heavy atom. The zero-order valence-electron chi connectivity index (χ0n) is 17.8. The third-order valence-electron chi connectivity index (χ3n) is 6.08. The monoisotopic (exact) mass is 403 g/mol. The minimum absolute atomic E-state index is 0.168. The Bertz CT molecular complexity index is 1080. The number of fused-ring (bicyclic) bond motifs is 2. The zero-order chi connectivity index (χ0) is 21.3. The van der Waals surface area contributed by atoms with Crippen molar-refractivity contribution >= 4 is 16.8 Å². The standard InChI is InChI=1S/C25H29N3O2/c1-25(2,21-10-8-17-6-4-5-7-18(17)12-21)27-24(30)26-15-22-13-19-9-11-23(29)14-20(19)16-28(22)3/h4-12,14,22,29H,13,15-16H2,1-3H3,(H2,26,27,30). The Kier molecular flexibility index (Phi) is 5.39. The summed E-state index contributed by atoms with van der Waals surface area (Å²) >= 11 is 0. The van der Waals surface area contributed by atoms with E-state index < -0.39 is 5.54 Å². The molecule has 0 aromatic heterocycles. The number of benzene rings is 3. The summed E-state index contributed by atoms with van der Waals surface area (Å²) in [6.45, 7) is 5.37. The van der Waals surface area contributed by atoms with E-state index >= 15 is 0 Å². The zero-order valence-corrected chi connectivity index (χ0v) is 17.8. The average Bonchev–Trinajstić information content (AvgIpc) is 2.71. The molecule has 1 unspecified atom stereocenters. The number of nitrogens with one attached hydrogen (secondary N) is 2. The third kappa shape index (κ3) is 4.26. The first-order valence-electron chi connectivity index (χ1n) is 10.4. The van der Waals surface area contributed by atoms with Crippen molar-refractivity contribution in [2.24, 2.45) is 0 Å². The second-order valence-electron chi connectivity index (χ2n) is 8.75. The highest BCUT2D eigenvalue weighted by Crippen LogP contribution is 2.26. The van der Waals surface area contributed by atoms with E-state index in [-0.39, 0.29) is 12.1 Å². The number of nitrogens with zero attached hydrogens (tertiary/aromatic N) is 1. The first kappa shape index (κ1) is 20.2. The van der Waals surface area contributed by atoms with Crippen LogP contribution in [0, 0.1) is 0 Å². The summed E-state index contributed by atoms with van der Waals surface area (Å²) in [4.78, 5) is 14.9. The Balaban J connectivity index is 1.38. The Morgan fingerprint density at radius 2 is 1.83 bits per heavy atom. The number of carbonyl (C=O) groups excluding carboxylic acids is 1. The molecule has 2 amide bonds. The molecule has 5 nitrogen and oxygen atoms in total. The number of urea groups is 1. The van der Waals surface area contributed by atoms with Gasteiger partial charge in [-0.25, -0.2) is 4.79 Å². The van der Waals surface area contributed by atoms with Crippen LogP contribution in [0.1, 0.15) is 30.5 Å². The maximum Gasteiger partial charge on any atom is 0.315 e. The molecule has 0 saturated heterocycles. The van der Waals surface area contributed by atoms with Gasteiger partial charge < -0.3 is 15.7 Å². The summed E-state index contributed by atoms with van der Waals surface area (Å²) < 4.78 is 0. The quantitative estimate of drug-likeness (QED) is 0.614. The molecule has 0 bridgehead atoms. The summed E-state index contributed by atoms with van der Waals surface area (Å²) in [5, 5.41) is 18.2. The van der Waals surface area contributed by atoms with Gasteiger partial charge in [0.25, 0.3) is 0 Å². The van der Waals surface area contributed by atoms with Gasteiger partial charge in [-0.1, -0.05) is 42.5 Å². The number of likely N-dealkylation sites (N-methyl/N-ethyl adjacent to an activating group) is 1. The number of rotatable bonds is 4. The highest BCUT2D eigenvalue weighted by molar-refractivity contribution is 5.83. The summed E-state index contributed by atoms with van der Waals surface area (Å²) in [5.41, 5.74) is 2.96. The van der Waals surface area contributed by atoms with Crippen LogP contribution in [0.3, 0.4) is 0 Å². The molecule has 0 radical (unpaired) electrons. The minimum Gasteiger partial charge on any atom is -0.508 e. The van der Waals surface area contributed by atoms with E-state index in [4.69, 9.17) is 0 Å². The SMILES string of the molecule is CN1Cc2cc(O)ccc2CC1CNC(=O)NC(C)(C)c1ccc2ccccc2c1. The van der Waals surface area contributed by atoms with E-state index in [9.17, 15) is 9.90 Å². The average molecular weight is 404 g/mol. The van der Waals surface area contributed by atoms with E-state index in [1.807, 2.05) is 38.1 Å². The third-order valence-corrected chi connectivity index (χ3v) is 6.08. The van der Waals surface area contributed by atoms with Crippen LogP contribution in [0.25, 0.3) is 10.8 Å². The Labute approximate surface area is 177 Å². The number of aromatic hydroxyl groups is 1. The molecule has 5 heteroatoms. The fraction of sp³-hybridized carbons (Fsp3) is 0.320. The molecule has 0 aliphatic carbocycles. The second-order valence-corrected chi connectivity index (χ2v) is 8.75. The molecule has 3 N–H and O–H groups in total. The first-order chi connectivity index (χ1) is 14.3. The largest absolute Gasteiger partial charge is 0.508 e. The van der Waals surface area contributed by atoms with Crippen LogP contribution in [-0.4, -0.2) is 35.7 Å². The molecular weight excluding hydrogens is 374 g/mol. The fourth-order valence-corrected chi connectivity index (χ4v) is 4.18. The minimum atomic E-state index is -0.489. The summed E-state index contributed by atoms with van der Waals surface area (Å²) in [6.07, 6.45) is 0.848. The second kappa shape index (κ2) is 8.00. The van der Waals surface area contributed by atoms with E-state index in [0.29, 0.717) is 12.3 Å². The first-order valence-corrected chi connectivity index (χ1v) is 10.4. The van der Waals surface area contributed by atoms with Gasteiger partial charge in [0.1, 0.15) is 5.75 Å². The number of hydrogen-bond donors (Lipinski definition) is 3. The predicted octanol–water partition coefficient (Wildman–Crippen LogP) is 4.14. The molecule has 156 valence electrons. The van der Waals surface area contributed by atoms with Crippen LogP contribution in [0.2, 0.25) is 0 Å². The molecule has 1 atom stereocenters. The number of amides is 2. The lowest BCUT2D eigenvalue weighted by molar-refractivity contribution is 0.199. The van der Waals surface area contributed by atoms with Crippen LogP contribution >= 0.6 is 0 Å². The van der Waals surface area contributed by atoms with E-state index in [0.717, 1.165) is 24.1 Å². The lowest BCUT2D eigenvalue weighted by Crippen LogP contribution is -2.51. The normalized spacial score (nSPS) is 16.8. The lowest BCUT2D eigenvalue weighted by Gasteiger charge is -2.35. The van der Waals surface area contributed by atoms with Crippen molar-refractivity contribution in [1.29, 1.82) is 0 Å². The summed E-state index contributed by atoms with van der Waals surface area (Å²) in [7, 11) is 2.05. The Hall–Kier alpha value is -3.05. The van der Waals surface area contributed by atoms with Crippen LogP contribution in [0.4, 0.5) is 4.79 Å². The van der Waals surface area contributed by atoms with Crippen LogP contribution < -0.4 is 10.6 Å². The molecule has 1 heterocycles. The Morgan fingerprint density at radius 3 is 2.63 bits per heavy atom. The molecule has 0 fully saturated rings. The van der Waals surface area contributed by atoms with E-state index in [1.54, 1.807) is 6.07 Å². The van der Waals surface area contributed by atoms with Gasteiger partial charge in [-0.3, -0.25) is 4.90 Å². The predicted molar refractivity (Wildman–Crippen MR) is 121 cm³/mol. The molecule has 3 aromatic carbocycles. The molecule has 0 spiro atoms. The number of phenols is 1. The van der Waals surface area contributed by atoms with Crippen LogP contribution in [-0.2, 0) is 18.5 Å². The van der Waals surface area contributed by atoms with Crippen LogP contribution in [0.5, 0.6) is 5.75 Å². The van der Waals surface area contributed by atoms with Crippen molar-refractivity contribution in [3.05, 3.63) is 77.4 Å². The highest BCUT2D eigenvalue weighted by atomic mass is 16.3. The van der Waals surface area contributed by atoms with Crippen molar-refractivity contribution in [3.8, 4) is 5.75 Å². The molecule has 3 aromatic rings. The topological polar surface area (TPSA) is 64.6 Å². The van der Waals surface area contributed by atoms with Gasteiger partial charge in [0, 0.05) is 19.1 Å². The van der Waals surface area contributed by atoms with Gasteiger partial charge in [-0.2, -0.15) is 0 Å². The molecule has 0 saturated carbocycles. The molecule has 1 aliphatic rings. The van der Waals surface area contributed by atoms with E-state index in [2.05, 4.69) is 52.9 Å². The molecule has 4 rings (SSSR count). The number of phenolic OH excluding ortho intramolecular Hbond substituents is 1. The van der Waals surface area contributed by atoms with Gasteiger partial charge in [-0.15, -0.1) is 0 Å². The van der Waals surface area contributed by atoms with Crippen LogP contribution in [0.15, 0.2) is 60.7 Å². The maximum atomic E-state index is 12.7. The van der Waals surface area contributed by atoms with Gasteiger partial charge in [-0.05, 0) is 73.0 Å². The van der Waals surface area contributed by atoms with Crippen molar-refractivity contribution in [2.75, 3.05) is 13.6 Å². The molecule has 1 aliphatic heterocycles. The summed E-state index contributed by atoms with van der Waals surface area (Å²) in [6, 6.07) is 20.1. The maximum absolute atomic E-state index is 12.7. The number of carbonyl (C=O) groups is 1. The van der Waals surface area contributed by atoms with Crippen molar-refractivity contribution in [2.45, 2.75) is 38.4 Å². The molecule has 30 heavy (non-hydrogen) atoms. The number of hydrogen-bond acceptors (Lipinski definition) is 3. The lowest BCUT2D eigenvalue weighted by atomic mass is 9.92. The summed E-state index contributed by atoms with van der Waals surface area (Å²) in [5.74, 6) is 0.300. The van der Waals surface area contributed by atoms with E-state index in [1.165, 1.54) is 16.3 Å². The van der Waals surface area contributed by atoms with Gasteiger partial charge >= 0.3 is 6.03 Å². The highest BCUT2D eigenvalue weighted by Gasteiger charge is 2.26. The van der Waals surface area contributed by atoms with Crippen molar-refractivity contribution in [3.63, 3.8) is 0 Å². The van der Waals surface area contributed by atoms with Gasteiger partial charge in [0.2, 0.25) is 0 Å². The molecular formula is C25H29N3O2. The van der Waals surface area contributed by atoms with Gasteiger partial charge in [0.05, 0.1) is 5.54 Å². The van der Waals surface area contributed by atoms with Crippen molar-refractivity contribution < 1.29 is 9.90 Å². The van der Waals surface area contributed by atoms with Gasteiger partial charge in [0.15, 0.2) is 0 Å². The van der Waals surface area contributed by atoms with Crippen molar-refractivity contribution in [1.82, 2.24) is 15.5 Å². The fourth-order valence-electron chi connectivity index (χ4n) is 4.18. The smallest absolute Gasteiger partial charge is 0.315 e.